The standard InChI is InChI=1S/C15H18ClN3O2S/c16-14-12(19-8-10-22-15(19)17-14)4-5-13(21)18-7-2-1-3-11(18)6-9-20/h4-5,8,10-11,20H,1-3,6-7,9H2/b5-4+. The number of carbonyl (C=O) groups excluding carboxylic acids is 1. The van der Waals surface area contributed by atoms with Crippen LogP contribution in [0.1, 0.15) is 31.4 Å². The number of rotatable bonds is 4. The van der Waals surface area contributed by atoms with Crippen LogP contribution in [0.5, 0.6) is 0 Å². The van der Waals surface area contributed by atoms with E-state index in [1.807, 2.05) is 20.9 Å². The zero-order valence-corrected chi connectivity index (χ0v) is 13.7. The fourth-order valence-corrected chi connectivity index (χ4v) is 3.92. The van der Waals surface area contributed by atoms with E-state index in [9.17, 15) is 4.79 Å². The molecule has 1 N–H and O–H groups in total. The summed E-state index contributed by atoms with van der Waals surface area (Å²) in [4.78, 5) is 19.4. The van der Waals surface area contributed by atoms with Gasteiger partial charge in [-0.15, -0.1) is 11.3 Å². The Hall–Kier alpha value is -1.37. The van der Waals surface area contributed by atoms with Gasteiger partial charge >= 0.3 is 0 Å². The molecule has 0 aliphatic carbocycles. The summed E-state index contributed by atoms with van der Waals surface area (Å²) in [5.74, 6) is -0.0283. The fraction of sp³-hybridized carbons (Fsp3) is 0.467. The van der Waals surface area contributed by atoms with Crippen molar-refractivity contribution >= 4 is 39.9 Å². The zero-order chi connectivity index (χ0) is 15.5. The van der Waals surface area contributed by atoms with E-state index in [0.717, 1.165) is 36.5 Å². The normalized spacial score (nSPS) is 19.4. The van der Waals surface area contributed by atoms with Crippen LogP contribution >= 0.6 is 22.9 Å². The molecule has 1 saturated heterocycles. The van der Waals surface area contributed by atoms with Crippen molar-refractivity contribution in [2.24, 2.45) is 0 Å². The Labute approximate surface area is 137 Å². The molecule has 118 valence electrons. The number of amides is 1. The second-order valence-corrected chi connectivity index (χ2v) is 6.60. The minimum absolute atomic E-state index is 0.0283. The first-order chi connectivity index (χ1) is 10.7. The SMILES string of the molecule is O=C(/C=C/c1c(Cl)nc2sccn12)N1CCCCC1CCO. The summed E-state index contributed by atoms with van der Waals surface area (Å²) in [6.07, 6.45) is 8.90. The van der Waals surface area contributed by atoms with E-state index < -0.39 is 0 Å². The third kappa shape index (κ3) is 3.04. The van der Waals surface area contributed by atoms with Gasteiger partial charge in [0.05, 0.1) is 5.69 Å². The second-order valence-electron chi connectivity index (χ2n) is 5.37. The predicted molar refractivity (Wildman–Crippen MR) is 88.2 cm³/mol. The molecule has 1 unspecified atom stereocenters. The molecule has 7 heteroatoms. The van der Waals surface area contributed by atoms with Gasteiger partial charge in [0.25, 0.3) is 0 Å². The highest BCUT2D eigenvalue weighted by molar-refractivity contribution is 7.15. The lowest BCUT2D eigenvalue weighted by molar-refractivity contribution is -0.129. The largest absolute Gasteiger partial charge is 0.396 e. The highest BCUT2D eigenvalue weighted by Crippen LogP contribution is 2.23. The first-order valence-electron chi connectivity index (χ1n) is 7.41. The number of aliphatic hydroxyl groups excluding tert-OH is 1. The molecule has 1 aliphatic heterocycles. The van der Waals surface area contributed by atoms with Gasteiger partial charge in [-0.1, -0.05) is 11.6 Å². The molecule has 3 rings (SSSR count). The Morgan fingerprint density at radius 3 is 3.23 bits per heavy atom. The van der Waals surface area contributed by atoms with Crippen molar-refractivity contribution in [2.75, 3.05) is 13.2 Å². The Morgan fingerprint density at radius 2 is 2.41 bits per heavy atom. The van der Waals surface area contributed by atoms with Crippen LogP contribution in [0.4, 0.5) is 0 Å². The van der Waals surface area contributed by atoms with Crippen LogP contribution in [0.15, 0.2) is 17.7 Å². The van der Waals surface area contributed by atoms with Gasteiger partial charge < -0.3 is 10.0 Å². The maximum Gasteiger partial charge on any atom is 0.246 e. The van der Waals surface area contributed by atoms with Gasteiger partial charge in [-0.05, 0) is 31.8 Å². The first-order valence-corrected chi connectivity index (χ1v) is 8.67. The number of imidazole rings is 1. The third-order valence-electron chi connectivity index (χ3n) is 4.01. The lowest BCUT2D eigenvalue weighted by Crippen LogP contribution is -2.43. The summed E-state index contributed by atoms with van der Waals surface area (Å²) >= 11 is 7.62. The Kier molecular flexibility index (Phi) is 4.81. The summed E-state index contributed by atoms with van der Waals surface area (Å²) < 4.78 is 1.87. The van der Waals surface area contributed by atoms with Gasteiger partial charge in [0.2, 0.25) is 5.91 Å². The average Bonchev–Trinajstić information content (AvgIpc) is 3.06. The number of hydrogen-bond donors (Lipinski definition) is 1. The molecule has 0 bridgehead atoms. The minimum atomic E-state index is -0.0283. The molecule has 0 radical (unpaired) electrons. The van der Waals surface area contributed by atoms with E-state index in [2.05, 4.69) is 4.98 Å². The number of carbonyl (C=O) groups is 1. The quantitative estimate of drug-likeness (QED) is 0.871. The molecule has 1 atom stereocenters. The van der Waals surface area contributed by atoms with E-state index >= 15 is 0 Å². The molecule has 1 aliphatic rings. The summed E-state index contributed by atoms with van der Waals surface area (Å²) in [7, 11) is 0. The molecule has 1 fully saturated rings. The fourth-order valence-electron chi connectivity index (χ4n) is 2.91. The molecule has 0 saturated carbocycles. The summed E-state index contributed by atoms with van der Waals surface area (Å²) in [5, 5.41) is 11.5. The highest BCUT2D eigenvalue weighted by Gasteiger charge is 2.24. The molecule has 5 nitrogen and oxygen atoms in total. The summed E-state index contributed by atoms with van der Waals surface area (Å²) in [6, 6.07) is 0.137. The third-order valence-corrected chi connectivity index (χ3v) is 5.05. The van der Waals surface area contributed by atoms with Crippen molar-refractivity contribution in [2.45, 2.75) is 31.7 Å². The van der Waals surface area contributed by atoms with Gasteiger partial charge in [0.15, 0.2) is 10.1 Å². The van der Waals surface area contributed by atoms with Crippen molar-refractivity contribution in [3.8, 4) is 0 Å². The molecule has 22 heavy (non-hydrogen) atoms. The Balaban J connectivity index is 1.77. The lowest BCUT2D eigenvalue weighted by Gasteiger charge is -2.34. The number of nitrogens with zero attached hydrogens (tertiary/aromatic N) is 3. The van der Waals surface area contributed by atoms with Gasteiger partial charge in [-0.2, -0.15) is 0 Å². The topological polar surface area (TPSA) is 57.8 Å². The maximum absolute atomic E-state index is 12.5. The predicted octanol–water partition coefficient (Wildman–Crippen LogP) is 2.83. The van der Waals surface area contributed by atoms with Gasteiger partial charge in [0, 0.05) is 36.8 Å². The van der Waals surface area contributed by atoms with E-state index in [0.29, 0.717) is 11.6 Å². The van der Waals surface area contributed by atoms with Crippen molar-refractivity contribution in [3.05, 3.63) is 28.5 Å². The van der Waals surface area contributed by atoms with Crippen LogP contribution in [-0.2, 0) is 4.79 Å². The number of piperidine rings is 1. The molecule has 2 aromatic rings. The van der Waals surface area contributed by atoms with Gasteiger partial charge in [-0.3, -0.25) is 9.20 Å². The van der Waals surface area contributed by atoms with Crippen molar-refractivity contribution in [3.63, 3.8) is 0 Å². The molecule has 0 spiro atoms. The Bertz CT molecular complexity index is 692. The number of likely N-dealkylation sites (tertiary alicyclic amines) is 1. The zero-order valence-electron chi connectivity index (χ0n) is 12.1. The van der Waals surface area contributed by atoms with E-state index in [1.165, 1.54) is 11.3 Å². The Morgan fingerprint density at radius 1 is 1.55 bits per heavy atom. The molecular weight excluding hydrogens is 322 g/mol. The number of aliphatic hydroxyl groups is 1. The monoisotopic (exact) mass is 339 g/mol. The summed E-state index contributed by atoms with van der Waals surface area (Å²) in [6.45, 7) is 0.865. The molecule has 1 amide bonds. The van der Waals surface area contributed by atoms with Crippen LogP contribution in [0, 0.1) is 0 Å². The molecule has 2 aromatic heterocycles. The molecule has 3 heterocycles. The maximum atomic E-state index is 12.5. The molecular formula is C15H18ClN3O2S. The van der Waals surface area contributed by atoms with Gasteiger partial charge in [-0.25, -0.2) is 4.98 Å². The van der Waals surface area contributed by atoms with Crippen LogP contribution in [0.25, 0.3) is 11.0 Å². The van der Waals surface area contributed by atoms with Crippen molar-refractivity contribution in [1.82, 2.24) is 14.3 Å². The van der Waals surface area contributed by atoms with Crippen molar-refractivity contribution < 1.29 is 9.90 Å². The van der Waals surface area contributed by atoms with Crippen LogP contribution < -0.4 is 0 Å². The number of aromatic nitrogens is 2. The van der Waals surface area contributed by atoms with Gasteiger partial charge in [0.1, 0.15) is 0 Å². The van der Waals surface area contributed by atoms with E-state index in [4.69, 9.17) is 16.7 Å². The lowest BCUT2D eigenvalue weighted by atomic mass is 9.99. The minimum Gasteiger partial charge on any atom is -0.396 e. The van der Waals surface area contributed by atoms with Crippen molar-refractivity contribution in [1.29, 1.82) is 0 Å². The van der Waals surface area contributed by atoms with E-state index in [1.54, 1.807) is 12.2 Å². The first kappa shape index (κ1) is 15.5. The van der Waals surface area contributed by atoms with Crippen LogP contribution in [0.2, 0.25) is 5.15 Å². The second kappa shape index (κ2) is 6.81. The number of hydrogen-bond acceptors (Lipinski definition) is 4. The highest BCUT2D eigenvalue weighted by atomic mass is 35.5. The van der Waals surface area contributed by atoms with Crippen LogP contribution in [-0.4, -0.2) is 44.5 Å². The smallest absolute Gasteiger partial charge is 0.246 e. The average molecular weight is 340 g/mol. The molecule has 0 aromatic carbocycles. The number of fused-ring (bicyclic) bond motifs is 1. The van der Waals surface area contributed by atoms with E-state index in [-0.39, 0.29) is 18.6 Å². The van der Waals surface area contributed by atoms with Crippen LogP contribution in [0.3, 0.4) is 0 Å². The summed E-state index contributed by atoms with van der Waals surface area (Å²) in [5.41, 5.74) is 0.724. The number of halogens is 1. The number of thiazole rings is 1.